The molecule has 0 saturated heterocycles. The van der Waals surface area contributed by atoms with Crippen molar-refractivity contribution in [1.82, 2.24) is 0 Å². The molecular weight excluding hydrogens is 821 g/mol. The standard InChI is InChI=1S/C66H52N2/c1-49-11-9-13-53(47-49)21-19-51-23-35-61(36-24-51)67(63-39-27-57(28-40-63)55-15-5-3-6-16-55)65-43-31-59(32-44-65)60-33-45-66(46-34-60)68(64-41-29-58(30-42-64)56-17-7-4-8-18-56)62-37-25-52(26-38-62)20-22-54-14-10-12-50(2)48-54/h3-48H,1-2H3/b21-19+,22-20+. The van der Waals surface area contributed by atoms with Crippen LogP contribution in [0.25, 0.3) is 57.7 Å². The van der Waals surface area contributed by atoms with Crippen molar-refractivity contribution >= 4 is 58.4 Å². The van der Waals surface area contributed by atoms with Gasteiger partial charge in [-0.3, -0.25) is 0 Å². The normalized spacial score (nSPS) is 11.3. The number of aryl methyl sites for hydroxylation is 2. The van der Waals surface area contributed by atoms with Crippen molar-refractivity contribution in [2.75, 3.05) is 9.80 Å². The van der Waals surface area contributed by atoms with Gasteiger partial charge in [0.2, 0.25) is 0 Å². The van der Waals surface area contributed by atoms with Crippen molar-refractivity contribution in [2.24, 2.45) is 0 Å². The molecule has 0 heterocycles. The molecule has 0 saturated carbocycles. The van der Waals surface area contributed by atoms with E-state index in [1.165, 1.54) is 44.5 Å². The lowest BCUT2D eigenvalue weighted by molar-refractivity contribution is 1.28. The lowest BCUT2D eigenvalue weighted by atomic mass is 10.0. The third-order valence-electron chi connectivity index (χ3n) is 12.4. The highest BCUT2D eigenvalue weighted by molar-refractivity contribution is 5.83. The summed E-state index contributed by atoms with van der Waals surface area (Å²) in [6.45, 7) is 4.26. The van der Waals surface area contributed by atoms with E-state index < -0.39 is 0 Å². The van der Waals surface area contributed by atoms with Gasteiger partial charge in [0.1, 0.15) is 0 Å². The lowest BCUT2D eigenvalue weighted by Crippen LogP contribution is -2.10. The van der Waals surface area contributed by atoms with Gasteiger partial charge in [-0.2, -0.15) is 0 Å². The van der Waals surface area contributed by atoms with Crippen LogP contribution in [0.15, 0.2) is 255 Å². The van der Waals surface area contributed by atoms with Gasteiger partial charge < -0.3 is 9.80 Å². The number of rotatable bonds is 13. The van der Waals surface area contributed by atoms with Crippen LogP contribution in [0, 0.1) is 13.8 Å². The van der Waals surface area contributed by atoms with Gasteiger partial charge in [0, 0.05) is 34.1 Å². The van der Waals surface area contributed by atoms with Gasteiger partial charge in [-0.1, -0.05) is 217 Å². The summed E-state index contributed by atoms with van der Waals surface area (Å²) >= 11 is 0. The maximum Gasteiger partial charge on any atom is 0.0462 e. The van der Waals surface area contributed by atoms with Crippen LogP contribution in [-0.4, -0.2) is 0 Å². The van der Waals surface area contributed by atoms with Crippen LogP contribution in [0.5, 0.6) is 0 Å². The van der Waals surface area contributed by atoms with Crippen LogP contribution in [0.4, 0.5) is 34.1 Å². The number of anilines is 6. The van der Waals surface area contributed by atoms with Gasteiger partial charge in [-0.15, -0.1) is 0 Å². The average Bonchev–Trinajstić information content (AvgIpc) is 3.40. The second-order valence-corrected chi connectivity index (χ2v) is 17.3. The van der Waals surface area contributed by atoms with E-state index in [0.717, 1.165) is 56.4 Å². The Morgan fingerprint density at radius 3 is 0.750 bits per heavy atom. The Bertz CT molecular complexity index is 3050. The fourth-order valence-electron chi connectivity index (χ4n) is 8.77. The van der Waals surface area contributed by atoms with Crippen molar-refractivity contribution in [1.29, 1.82) is 0 Å². The molecule has 0 aliphatic rings. The molecule has 0 radical (unpaired) electrons. The lowest BCUT2D eigenvalue weighted by Gasteiger charge is -2.26. The van der Waals surface area contributed by atoms with Crippen LogP contribution in [0.1, 0.15) is 33.4 Å². The van der Waals surface area contributed by atoms with Gasteiger partial charge in [0.05, 0.1) is 0 Å². The molecule has 10 rings (SSSR count). The Labute approximate surface area is 401 Å². The zero-order chi connectivity index (χ0) is 46.1. The molecule has 0 bridgehead atoms. The van der Waals surface area contributed by atoms with Crippen LogP contribution in [0.2, 0.25) is 0 Å². The molecule has 68 heavy (non-hydrogen) atoms. The molecule has 0 spiro atoms. The summed E-state index contributed by atoms with van der Waals surface area (Å²) in [6.07, 6.45) is 8.72. The van der Waals surface area contributed by atoms with Crippen molar-refractivity contribution in [3.8, 4) is 33.4 Å². The quantitative estimate of drug-likeness (QED) is 0.107. The zero-order valence-electron chi connectivity index (χ0n) is 38.5. The molecule has 0 N–H and O–H groups in total. The predicted octanol–water partition coefficient (Wildman–Crippen LogP) is 18.6. The Kier molecular flexibility index (Phi) is 12.8. The van der Waals surface area contributed by atoms with Crippen LogP contribution in [0.3, 0.4) is 0 Å². The number of nitrogens with zero attached hydrogens (tertiary/aromatic N) is 2. The monoisotopic (exact) mass is 872 g/mol. The minimum absolute atomic E-state index is 1.09. The molecule has 0 fully saturated rings. The Morgan fingerprint density at radius 1 is 0.221 bits per heavy atom. The first kappa shape index (κ1) is 43.2. The van der Waals surface area contributed by atoms with E-state index in [4.69, 9.17) is 0 Å². The van der Waals surface area contributed by atoms with E-state index in [1.807, 2.05) is 0 Å². The zero-order valence-corrected chi connectivity index (χ0v) is 38.5. The first-order chi connectivity index (χ1) is 33.5. The van der Waals surface area contributed by atoms with E-state index in [9.17, 15) is 0 Å². The summed E-state index contributed by atoms with van der Waals surface area (Å²) < 4.78 is 0. The highest BCUT2D eigenvalue weighted by atomic mass is 15.1. The molecule has 0 unspecified atom stereocenters. The summed E-state index contributed by atoms with van der Waals surface area (Å²) in [7, 11) is 0. The summed E-state index contributed by atoms with van der Waals surface area (Å²) in [5.74, 6) is 0. The van der Waals surface area contributed by atoms with Crippen LogP contribution in [-0.2, 0) is 0 Å². The van der Waals surface area contributed by atoms with Gasteiger partial charge in [0.25, 0.3) is 0 Å². The van der Waals surface area contributed by atoms with E-state index in [2.05, 4.69) is 303 Å². The summed E-state index contributed by atoms with van der Waals surface area (Å²) in [5, 5.41) is 0. The van der Waals surface area contributed by atoms with E-state index in [-0.39, 0.29) is 0 Å². The van der Waals surface area contributed by atoms with E-state index in [1.54, 1.807) is 0 Å². The second-order valence-electron chi connectivity index (χ2n) is 17.3. The topological polar surface area (TPSA) is 6.48 Å². The van der Waals surface area contributed by atoms with Crippen molar-refractivity contribution in [3.05, 3.63) is 288 Å². The molecule has 0 aromatic heterocycles. The molecule has 0 atom stereocenters. The summed E-state index contributed by atoms with van der Waals surface area (Å²) in [5.41, 5.74) is 20.9. The molecule has 2 nitrogen and oxygen atoms in total. The van der Waals surface area contributed by atoms with E-state index in [0.29, 0.717) is 0 Å². The summed E-state index contributed by atoms with van der Waals surface area (Å²) in [6, 6.07) is 91.5. The minimum Gasteiger partial charge on any atom is -0.311 e. The molecule has 0 aliphatic carbocycles. The highest BCUT2D eigenvalue weighted by Gasteiger charge is 2.16. The Hall–Kier alpha value is -8.72. The molecule has 10 aromatic carbocycles. The van der Waals surface area contributed by atoms with E-state index >= 15 is 0 Å². The van der Waals surface area contributed by atoms with Crippen molar-refractivity contribution < 1.29 is 0 Å². The molecule has 326 valence electrons. The molecular formula is C66H52N2. The second kappa shape index (κ2) is 20.2. The Balaban J connectivity index is 0.937. The number of benzene rings is 10. The fraction of sp³-hybridized carbons (Fsp3) is 0.0303. The third kappa shape index (κ3) is 10.2. The van der Waals surface area contributed by atoms with Crippen molar-refractivity contribution in [2.45, 2.75) is 13.8 Å². The fourth-order valence-corrected chi connectivity index (χ4v) is 8.77. The maximum atomic E-state index is 2.33. The van der Waals surface area contributed by atoms with Gasteiger partial charge in [0.15, 0.2) is 0 Å². The first-order valence-corrected chi connectivity index (χ1v) is 23.3. The average molecular weight is 873 g/mol. The number of hydrogen-bond donors (Lipinski definition) is 0. The first-order valence-electron chi connectivity index (χ1n) is 23.3. The predicted molar refractivity (Wildman–Crippen MR) is 292 cm³/mol. The maximum absolute atomic E-state index is 2.33. The molecule has 2 heteroatoms. The van der Waals surface area contributed by atoms with Gasteiger partial charge >= 0.3 is 0 Å². The largest absolute Gasteiger partial charge is 0.311 e. The minimum atomic E-state index is 1.09. The third-order valence-corrected chi connectivity index (χ3v) is 12.4. The molecule has 10 aromatic rings. The van der Waals surface area contributed by atoms with Crippen LogP contribution < -0.4 is 9.80 Å². The highest BCUT2D eigenvalue weighted by Crippen LogP contribution is 2.39. The summed E-state index contributed by atoms with van der Waals surface area (Å²) in [4.78, 5) is 4.67. The SMILES string of the molecule is Cc1cccc(/C=C/c2ccc(N(c3ccc(-c4ccccc4)cc3)c3ccc(-c4ccc(N(c5ccc(/C=C/c6cccc(C)c6)cc5)c5ccc(-c6ccccc6)cc5)cc4)cc3)cc2)c1. The smallest absolute Gasteiger partial charge is 0.0462 e. The molecule has 0 aliphatic heterocycles. The number of hydrogen-bond acceptors (Lipinski definition) is 2. The van der Waals surface area contributed by atoms with Gasteiger partial charge in [-0.05, 0) is 142 Å². The van der Waals surface area contributed by atoms with Crippen molar-refractivity contribution in [3.63, 3.8) is 0 Å². The Morgan fingerprint density at radius 2 is 0.471 bits per heavy atom. The molecule has 0 amide bonds. The van der Waals surface area contributed by atoms with Gasteiger partial charge in [-0.25, -0.2) is 0 Å². The van der Waals surface area contributed by atoms with Crippen LogP contribution >= 0.6 is 0 Å².